The molecular formula is C10H16N2O3. The Morgan fingerprint density at radius 1 is 1.60 bits per heavy atom. The van der Waals surface area contributed by atoms with Gasteiger partial charge in [0.05, 0.1) is 5.69 Å². The quantitative estimate of drug-likeness (QED) is 0.818. The summed E-state index contributed by atoms with van der Waals surface area (Å²) >= 11 is 0. The van der Waals surface area contributed by atoms with Crippen molar-refractivity contribution < 1.29 is 14.1 Å². The summed E-state index contributed by atoms with van der Waals surface area (Å²) in [5.41, 5.74) is 0.276. The Hall–Kier alpha value is -1.52. The van der Waals surface area contributed by atoms with Crippen molar-refractivity contribution in [1.82, 2.24) is 5.16 Å². The fourth-order valence-electron chi connectivity index (χ4n) is 0.942. The summed E-state index contributed by atoms with van der Waals surface area (Å²) in [6.45, 7) is 7.34. The molecule has 0 spiro atoms. The van der Waals surface area contributed by atoms with Crippen molar-refractivity contribution in [3.63, 3.8) is 0 Å². The third kappa shape index (κ3) is 4.01. The average Bonchev–Trinajstić information content (AvgIpc) is 2.48. The Labute approximate surface area is 88.8 Å². The van der Waals surface area contributed by atoms with E-state index in [4.69, 9.17) is 9.26 Å². The minimum atomic E-state index is -0.540. The summed E-state index contributed by atoms with van der Waals surface area (Å²) in [6, 6.07) is 1.67. The molecule has 0 saturated carbocycles. The molecule has 1 rings (SSSR count). The molecule has 84 valence electrons. The van der Waals surface area contributed by atoms with Gasteiger partial charge in [0.25, 0.3) is 0 Å². The monoisotopic (exact) mass is 212 g/mol. The lowest BCUT2D eigenvalue weighted by molar-refractivity contribution is 0.0631. The van der Waals surface area contributed by atoms with Crippen molar-refractivity contribution in [3.05, 3.63) is 11.8 Å². The van der Waals surface area contributed by atoms with Gasteiger partial charge in [0.1, 0.15) is 5.60 Å². The van der Waals surface area contributed by atoms with E-state index in [9.17, 15) is 4.79 Å². The molecule has 0 aliphatic rings. The van der Waals surface area contributed by atoms with E-state index in [0.717, 1.165) is 12.1 Å². The van der Waals surface area contributed by atoms with Crippen molar-refractivity contribution in [2.75, 3.05) is 5.32 Å². The van der Waals surface area contributed by atoms with E-state index in [1.807, 2.05) is 6.92 Å². The van der Waals surface area contributed by atoms with Crippen molar-refractivity contribution in [3.8, 4) is 0 Å². The average molecular weight is 212 g/mol. The Morgan fingerprint density at radius 2 is 2.27 bits per heavy atom. The molecule has 5 heteroatoms. The number of hydrogen-bond donors (Lipinski definition) is 1. The number of aromatic nitrogens is 1. The number of ether oxygens (including phenoxy) is 1. The molecule has 5 nitrogen and oxygen atoms in total. The van der Waals surface area contributed by atoms with Gasteiger partial charge in [-0.25, -0.2) is 4.79 Å². The first kappa shape index (κ1) is 11.6. The predicted octanol–water partition coefficient (Wildman–Crippen LogP) is 2.58. The molecule has 0 atom stereocenters. The Balaban J connectivity index is 2.51. The van der Waals surface area contributed by atoms with Crippen LogP contribution in [0.25, 0.3) is 0 Å². The fraction of sp³-hybridized carbons (Fsp3) is 0.600. The molecule has 15 heavy (non-hydrogen) atoms. The fourth-order valence-corrected chi connectivity index (χ4v) is 0.942. The van der Waals surface area contributed by atoms with Crippen molar-refractivity contribution in [1.29, 1.82) is 0 Å². The van der Waals surface area contributed by atoms with Gasteiger partial charge >= 0.3 is 6.09 Å². The first-order valence-corrected chi connectivity index (χ1v) is 4.86. The maximum Gasteiger partial charge on any atom is 0.414 e. The minimum absolute atomic E-state index is 0.307. The lowest BCUT2D eigenvalue weighted by Gasteiger charge is -2.18. The summed E-state index contributed by atoms with van der Waals surface area (Å²) in [5.74, 6) is 0.307. The highest BCUT2D eigenvalue weighted by Gasteiger charge is 2.17. The molecule has 0 saturated heterocycles. The van der Waals surface area contributed by atoms with Gasteiger partial charge in [-0.2, -0.15) is 0 Å². The molecule has 1 aromatic heterocycles. The highest BCUT2D eigenvalue weighted by molar-refractivity contribution is 5.83. The van der Waals surface area contributed by atoms with Crippen LogP contribution in [0.3, 0.4) is 0 Å². The van der Waals surface area contributed by atoms with Crippen molar-refractivity contribution in [2.24, 2.45) is 0 Å². The van der Waals surface area contributed by atoms with E-state index in [2.05, 4.69) is 10.5 Å². The summed E-state index contributed by atoms with van der Waals surface area (Å²) in [6.07, 6.45) is 0.223. The standard InChI is InChI=1S/C10H16N2O3/c1-5-7-6-8(15-12-7)11-9(13)14-10(2,3)4/h6H,5H2,1-4H3,(H,11,13). The third-order valence-corrected chi connectivity index (χ3v) is 1.55. The Morgan fingerprint density at radius 3 is 2.73 bits per heavy atom. The smallest absolute Gasteiger partial charge is 0.414 e. The Bertz CT molecular complexity index is 339. The number of nitrogens with zero attached hydrogens (tertiary/aromatic N) is 1. The molecule has 1 heterocycles. The molecular weight excluding hydrogens is 196 g/mol. The molecule has 1 aromatic rings. The first-order chi connectivity index (χ1) is 6.90. The van der Waals surface area contributed by atoms with Gasteiger partial charge < -0.3 is 9.26 Å². The highest BCUT2D eigenvalue weighted by atomic mass is 16.6. The zero-order valence-corrected chi connectivity index (χ0v) is 9.46. The normalized spacial score (nSPS) is 11.2. The first-order valence-electron chi connectivity index (χ1n) is 4.86. The van der Waals surface area contributed by atoms with E-state index in [-0.39, 0.29) is 0 Å². The van der Waals surface area contributed by atoms with Crippen LogP contribution < -0.4 is 5.32 Å². The molecule has 0 aromatic carbocycles. The largest absolute Gasteiger partial charge is 0.444 e. The summed E-state index contributed by atoms with van der Waals surface area (Å²) in [5, 5.41) is 6.20. The van der Waals surface area contributed by atoms with Crippen LogP contribution in [0, 0.1) is 0 Å². The van der Waals surface area contributed by atoms with Gasteiger partial charge in [-0.15, -0.1) is 0 Å². The molecule has 0 radical (unpaired) electrons. The van der Waals surface area contributed by atoms with Crippen LogP contribution in [-0.2, 0) is 11.2 Å². The Kier molecular flexibility index (Phi) is 3.34. The highest BCUT2D eigenvalue weighted by Crippen LogP contribution is 2.13. The topological polar surface area (TPSA) is 64.4 Å². The lowest BCUT2D eigenvalue weighted by Crippen LogP contribution is -2.27. The van der Waals surface area contributed by atoms with Crippen molar-refractivity contribution in [2.45, 2.75) is 39.7 Å². The summed E-state index contributed by atoms with van der Waals surface area (Å²) in [4.78, 5) is 11.3. The number of aryl methyl sites for hydroxylation is 1. The van der Waals surface area contributed by atoms with Crippen LogP contribution in [0.1, 0.15) is 33.4 Å². The third-order valence-electron chi connectivity index (χ3n) is 1.55. The molecule has 0 fully saturated rings. The number of nitrogens with one attached hydrogen (secondary N) is 1. The van der Waals surface area contributed by atoms with E-state index in [0.29, 0.717) is 5.88 Å². The number of hydrogen-bond acceptors (Lipinski definition) is 4. The molecule has 0 bridgehead atoms. The van der Waals surface area contributed by atoms with Gasteiger partial charge in [-0.05, 0) is 27.2 Å². The van der Waals surface area contributed by atoms with Crippen LogP contribution in [0.5, 0.6) is 0 Å². The maximum atomic E-state index is 11.3. The van der Waals surface area contributed by atoms with Crippen LogP contribution in [0.15, 0.2) is 10.6 Å². The number of amides is 1. The van der Waals surface area contributed by atoms with Crippen LogP contribution in [-0.4, -0.2) is 16.9 Å². The van der Waals surface area contributed by atoms with Crippen LogP contribution in [0.4, 0.5) is 10.7 Å². The lowest BCUT2D eigenvalue weighted by atomic mass is 10.2. The summed E-state index contributed by atoms with van der Waals surface area (Å²) < 4.78 is 9.93. The van der Waals surface area contributed by atoms with Gasteiger partial charge in [0.2, 0.25) is 5.88 Å². The second kappa shape index (κ2) is 4.33. The van der Waals surface area contributed by atoms with Gasteiger partial charge in [0, 0.05) is 6.07 Å². The van der Waals surface area contributed by atoms with Crippen LogP contribution >= 0.6 is 0 Å². The molecule has 0 aliphatic heterocycles. The van der Waals surface area contributed by atoms with E-state index >= 15 is 0 Å². The number of carbonyl (C=O) groups is 1. The second-order valence-electron chi connectivity index (χ2n) is 4.16. The van der Waals surface area contributed by atoms with Gasteiger partial charge in [-0.3, -0.25) is 5.32 Å². The predicted molar refractivity (Wildman–Crippen MR) is 55.7 cm³/mol. The maximum absolute atomic E-state index is 11.3. The summed E-state index contributed by atoms with van der Waals surface area (Å²) in [7, 11) is 0. The molecule has 1 N–H and O–H groups in total. The van der Waals surface area contributed by atoms with Crippen LogP contribution in [0.2, 0.25) is 0 Å². The second-order valence-corrected chi connectivity index (χ2v) is 4.16. The zero-order valence-electron chi connectivity index (χ0n) is 9.46. The van der Waals surface area contributed by atoms with Crippen molar-refractivity contribution >= 4 is 12.0 Å². The molecule has 0 unspecified atom stereocenters. The number of anilines is 1. The van der Waals surface area contributed by atoms with E-state index in [1.54, 1.807) is 26.8 Å². The SMILES string of the molecule is CCc1cc(NC(=O)OC(C)(C)C)on1. The van der Waals surface area contributed by atoms with Gasteiger partial charge in [-0.1, -0.05) is 12.1 Å². The van der Waals surface area contributed by atoms with E-state index in [1.165, 1.54) is 0 Å². The number of rotatable bonds is 2. The molecule has 1 amide bonds. The number of carbonyl (C=O) groups excluding carboxylic acids is 1. The van der Waals surface area contributed by atoms with E-state index < -0.39 is 11.7 Å². The van der Waals surface area contributed by atoms with Gasteiger partial charge in [0.15, 0.2) is 0 Å². The minimum Gasteiger partial charge on any atom is -0.444 e. The zero-order chi connectivity index (χ0) is 11.5. The molecule has 0 aliphatic carbocycles.